The number of aromatic amines is 1. The first kappa shape index (κ1) is 18.1. The molecular weight excluding hydrogens is 368 g/mol. The van der Waals surface area contributed by atoms with E-state index in [1.54, 1.807) is 48.5 Å². The van der Waals surface area contributed by atoms with Gasteiger partial charge in [0.15, 0.2) is 5.82 Å². The second kappa shape index (κ2) is 7.77. The van der Waals surface area contributed by atoms with Crippen LogP contribution in [0.25, 0.3) is 22.8 Å². The van der Waals surface area contributed by atoms with Crippen LogP contribution in [0.1, 0.15) is 21.7 Å². The van der Waals surface area contributed by atoms with Crippen molar-refractivity contribution in [1.82, 2.24) is 15.3 Å². The molecule has 7 heteroatoms. The van der Waals surface area contributed by atoms with Gasteiger partial charge in [-0.1, -0.05) is 42.5 Å². The molecule has 0 unspecified atom stereocenters. The van der Waals surface area contributed by atoms with E-state index in [0.29, 0.717) is 22.6 Å². The van der Waals surface area contributed by atoms with E-state index in [9.17, 15) is 14.9 Å². The van der Waals surface area contributed by atoms with Gasteiger partial charge in [0.1, 0.15) is 0 Å². The predicted octanol–water partition coefficient (Wildman–Crippen LogP) is 4.40. The number of amides is 1. The van der Waals surface area contributed by atoms with E-state index in [0.717, 1.165) is 11.0 Å². The Morgan fingerprint density at radius 1 is 0.966 bits per heavy atom. The van der Waals surface area contributed by atoms with Crippen LogP contribution in [0.5, 0.6) is 0 Å². The van der Waals surface area contributed by atoms with Gasteiger partial charge in [-0.15, -0.1) is 0 Å². The molecule has 3 aromatic carbocycles. The summed E-state index contributed by atoms with van der Waals surface area (Å²) in [7, 11) is 0. The third kappa shape index (κ3) is 3.89. The van der Waals surface area contributed by atoms with E-state index in [2.05, 4.69) is 15.3 Å². The van der Waals surface area contributed by atoms with Crippen molar-refractivity contribution in [2.75, 3.05) is 0 Å². The normalized spacial score (nSPS) is 11.4. The molecule has 1 heterocycles. The number of nitrogens with one attached hydrogen (secondary N) is 2. The van der Waals surface area contributed by atoms with Crippen molar-refractivity contribution in [3.8, 4) is 0 Å². The van der Waals surface area contributed by atoms with Crippen LogP contribution >= 0.6 is 0 Å². The van der Waals surface area contributed by atoms with Crippen molar-refractivity contribution in [2.24, 2.45) is 0 Å². The minimum atomic E-state index is -0.457. The van der Waals surface area contributed by atoms with Gasteiger partial charge in [0.25, 0.3) is 11.6 Å². The summed E-state index contributed by atoms with van der Waals surface area (Å²) in [5.74, 6) is 0.0736. The van der Waals surface area contributed by atoms with Crippen LogP contribution in [0, 0.1) is 10.1 Å². The quantitative estimate of drug-likeness (QED) is 0.393. The molecule has 0 aliphatic rings. The lowest BCUT2D eigenvalue weighted by atomic mass is 10.1. The van der Waals surface area contributed by atoms with Gasteiger partial charge in [-0.05, 0) is 36.4 Å². The number of carbonyl (C=O) groups is 1. The van der Waals surface area contributed by atoms with Crippen LogP contribution < -0.4 is 5.32 Å². The van der Waals surface area contributed by atoms with Crippen LogP contribution in [0.15, 0.2) is 78.9 Å². The molecule has 0 fully saturated rings. The lowest BCUT2D eigenvalue weighted by molar-refractivity contribution is -0.385. The molecule has 142 valence electrons. The second-order valence-electron chi connectivity index (χ2n) is 6.30. The lowest BCUT2D eigenvalue weighted by Gasteiger charge is -2.08. The van der Waals surface area contributed by atoms with Gasteiger partial charge in [0.05, 0.1) is 27.2 Å². The Labute approximate surface area is 165 Å². The Morgan fingerprint density at radius 3 is 2.41 bits per heavy atom. The number of carbonyl (C=O) groups excluding carboxylic acids is 1. The summed E-state index contributed by atoms with van der Waals surface area (Å²) >= 11 is 0. The number of benzene rings is 3. The summed E-state index contributed by atoms with van der Waals surface area (Å²) in [5, 5.41) is 14.2. The van der Waals surface area contributed by atoms with Crippen molar-refractivity contribution in [3.63, 3.8) is 0 Å². The van der Waals surface area contributed by atoms with Crippen LogP contribution in [0.3, 0.4) is 0 Å². The minimum Gasteiger partial charge on any atom is -0.337 e. The number of nitro groups is 1. The van der Waals surface area contributed by atoms with E-state index in [1.807, 2.05) is 30.3 Å². The molecule has 0 bridgehead atoms. The molecular formula is C22H16N4O3. The first-order valence-electron chi connectivity index (χ1n) is 8.88. The standard InChI is InChI=1S/C22H16N4O3/c27-22(15-8-2-1-3-9-15)25-19(14-16-10-4-7-13-20(16)26(28)29)21-23-17-11-5-6-12-18(17)24-21/h1-14H,(H,23,24)(H,25,27)/b19-14+. The van der Waals surface area contributed by atoms with Crippen molar-refractivity contribution in [1.29, 1.82) is 0 Å². The molecule has 0 radical (unpaired) electrons. The highest BCUT2D eigenvalue weighted by atomic mass is 16.6. The van der Waals surface area contributed by atoms with E-state index in [1.165, 1.54) is 6.07 Å². The van der Waals surface area contributed by atoms with Crippen molar-refractivity contribution >= 4 is 34.4 Å². The zero-order valence-corrected chi connectivity index (χ0v) is 15.2. The number of nitro benzene ring substituents is 1. The number of H-pyrrole nitrogens is 1. The van der Waals surface area contributed by atoms with Gasteiger partial charge in [-0.25, -0.2) is 4.98 Å². The second-order valence-corrected chi connectivity index (χ2v) is 6.30. The van der Waals surface area contributed by atoms with Crippen LogP contribution in [0.2, 0.25) is 0 Å². The number of fused-ring (bicyclic) bond motifs is 1. The topological polar surface area (TPSA) is 101 Å². The number of hydrogen-bond acceptors (Lipinski definition) is 4. The average Bonchev–Trinajstić information content (AvgIpc) is 3.18. The smallest absolute Gasteiger partial charge is 0.276 e. The highest BCUT2D eigenvalue weighted by Crippen LogP contribution is 2.24. The molecule has 0 saturated carbocycles. The molecule has 0 spiro atoms. The minimum absolute atomic E-state index is 0.0601. The van der Waals surface area contributed by atoms with Gasteiger partial charge >= 0.3 is 0 Å². The fourth-order valence-corrected chi connectivity index (χ4v) is 2.96. The fourth-order valence-electron chi connectivity index (χ4n) is 2.96. The molecule has 1 amide bonds. The van der Waals surface area contributed by atoms with Gasteiger partial charge < -0.3 is 10.3 Å². The summed E-state index contributed by atoms with van der Waals surface area (Å²) < 4.78 is 0. The van der Waals surface area contributed by atoms with E-state index >= 15 is 0 Å². The van der Waals surface area contributed by atoms with Gasteiger partial charge in [-0.3, -0.25) is 14.9 Å². The Balaban J connectivity index is 1.81. The lowest BCUT2D eigenvalue weighted by Crippen LogP contribution is -2.22. The maximum absolute atomic E-state index is 12.7. The Kier molecular flexibility index (Phi) is 4.86. The Morgan fingerprint density at radius 2 is 1.66 bits per heavy atom. The third-order valence-corrected chi connectivity index (χ3v) is 4.36. The molecule has 0 saturated heterocycles. The highest BCUT2D eigenvalue weighted by Gasteiger charge is 2.16. The Bertz CT molecular complexity index is 1200. The number of nitrogens with zero attached hydrogens (tertiary/aromatic N) is 2. The van der Waals surface area contributed by atoms with E-state index < -0.39 is 4.92 Å². The maximum Gasteiger partial charge on any atom is 0.276 e. The summed E-state index contributed by atoms with van der Waals surface area (Å²) in [6.07, 6.45) is 1.55. The summed E-state index contributed by atoms with van der Waals surface area (Å²) in [6, 6.07) is 22.5. The van der Waals surface area contributed by atoms with Crippen molar-refractivity contribution in [2.45, 2.75) is 0 Å². The SMILES string of the molecule is O=C(N/C(=C/c1ccccc1[N+](=O)[O-])c1nc2ccccc2[nH]1)c1ccccc1. The number of hydrogen-bond donors (Lipinski definition) is 2. The molecule has 0 aliphatic carbocycles. The number of rotatable bonds is 5. The maximum atomic E-state index is 12.7. The molecule has 0 aliphatic heterocycles. The molecule has 29 heavy (non-hydrogen) atoms. The van der Waals surface area contributed by atoms with E-state index in [-0.39, 0.29) is 11.6 Å². The number of aromatic nitrogens is 2. The monoisotopic (exact) mass is 384 g/mol. The molecule has 7 nitrogen and oxygen atoms in total. The Hall–Kier alpha value is -4.26. The van der Waals surface area contributed by atoms with Gasteiger partial charge in [0.2, 0.25) is 0 Å². The van der Waals surface area contributed by atoms with Crippen LogP contribution in [0.4, 0.5) is 5.69 Å². The highest BCUT2D eigenvalue weighted by molar-refractivity contribution is 6.02. The van der Waals surface area contributed by atoms with Crippen molar-refractivity contribution in [3.05, 3.63) is 106 Å². The third-order valence-electron chi connectivity index (χ3n) is 4.36. The number of para-hydroxylation sites is 3. The molecule has 2 N–H and O–H groups in total. The number of imidazole rings is 1. The zero-order chi connectivity index (χ0) is 20.2. The summed E-state index contributed by atoms with van der Waals surface area (Å²) in [5.41, 5.74) is 2.63. The molecule has 1 aromatic heterocycles. The van der Waals surface area contributed by atoms with E-state index in [4.69, 9.17) is 0 Å². The first-order chi connectivity index (χ1) is 14.1. The van der Waals surface area contributed by atoms with Gasteiger partial charge in [-0.2, -0.15) is 0 Å². The van der Waals surface area contributed by atoms with Gasteiger partial charge in [0, 0.05) is 11.6 Å². The first-order valence-corrected chi connectivity index (χ1v) is 8.88. The molecule has 0 atom stereocenters. The largest absolute Gasteiger partial charge is 0.337 e. The summed E-state index contributed by atoms with van der Waals surface area (Å²) in [4.78, 5) is 31.3. The average molecular weight is 384 g/mol. The fraction of sp³-hybridized carbons (Fsp3) is 0. The predicted molar refractivity (Wildman–Crippen MR) is 111 cm³/mol. The van der Waals surface area contributed by atoms with Crippen LogP contribution in [-0.2, 0) is 0 Å². The molecule has 4 rings (SSSR count). The van der Waals surface area contributed by atoms with Crippen molar-refractivity contribution < 1.29 is 9.72 Å². The summed E-state index contributed by atoms with van der Waals surface area (Å²) in [6.45, 7) is 0. The van der Waals surface area contributed by atoms with Crippen LogP contribution in [-0.4, -0.2) is 20.8 Å². The molecule has 4 aromatic rings. The zero-order valence-electron chi connectivity index (χ0n) is 15.2.